The van der Waals surface area contributed by atoms with E-state index in [0.717, 1.165) is 35.3 Å². The van der Waals surface area contributed by atoms with E-state index in [9.17, 15) is 38.2 Å². The number of hydrogen-bond donors (Lipinski definition) is 4. The van der Waals surface area contributed by atoms with E-state index in [0.29, 0.717) is 19.3 Å². The van der Waals surface area contributed by atoms with Crippen LogP contribution in [0.2, 0.25) is 0 Å². The summed E-state index contributed by atoms with van der Waals surface area (Å²) in [4.78, 5) is 58.4. The van der Waals surface area contributed by atoms with Crippen LogP contribution in [-0.4, -0.2) is 111 Å². The van der Waals surface area contributed by atoms with E-state index < -0.39 is 84.4 Å². The second kappa shape index (κ2) is 13.7. The Morgan fingerprint density at radius 2 is 1.77 bits per heavy atom. The van der Waals surface area contributed by atoms with Gasteiger partial charge in [-0.15, -0.1) is 0 Å². The molecule has 1 aromatic carbocycles. The molecule has 0 radical (unpaired) electrons. The molecular formula is C34H49F2N5O6. The van der Waals surface area contributed by atoms with Crippen LogP contribution in [-0.2, 0) is 20.8 Å². The molecule has 13 heteroatoms. The number of piperazine rings is 1. The van der Waals surface area contributed by atoms with Crippen LogP contribution in [0.4, 0.5) is 13.6 Å². The van der Waals surface area contributed by atoms with Crippen LogP contribution in [0, 0.1) is 11.3 Å². The Bertz CT molecular complexity index is 1350. The molecule has 4 amide bonds. The first-order valence-corrected chi connectivity index (χ1v) is 16.8. The third-order valence-electron chi connectivity index (χ3n) is 10.2. The molecular weight excluding hydrogens is 612 g/mol. The highest BCUT2D eigenvalue weighted by atomic mass is 19.3. The Morgan fingerprint density at radius 3 is 2.43 bits per heavy atom. The number of amides is 4. The average Bonchev–Trinajstić information content (AvgIpc) is 3.49. The number of nitrogens with one attached hydrogen (secondary N) is 2. The van der Waals surface area contributed by atoms with Gasteiger partial charge < -0.3 is 25.7 Å². The van der Waals surface area contributed by atoms with Crippen LogP contribution < -0.4 is 10.6 Å². The molecule has 11 nitrogen and oxygen atoms in total. The molecule has 5 rings (SSSR count). The van der Waals surface area contributed by atoms with Crippen molar-refractivity contribution < 1.29 is 38.2 Å². The third kappa shape index (κ3) is 7.88. The molecule has 0 spiro atoms. The molecule has 2 aliphatic carbocycles. The zero-order valence-corrected chi connectivity index (χ0v) is 27.8. The number of fused-ring (bicyclic) bond motifs is 2. The number of carboxylic acid groups (broad SMARTS) is 1. The summed E-state index contributed by atoms with van der Waals surface area (Å²) < 4.78 is 29.3. The predicted molar refractivity (Wildman–Crippen MR) is 170 cm³/mol. The van der Waals surface area contributed by atoms with Crippen molar-refractivity contribution in [3.05, 3.63) is 35.4 Å². The molecule has 4 N–H and O–H groups in total. The number of hydrogen-bond acceptors (Lipinski definition) is 6. The number of carbonyl (C=O) groups is 4. The van der Waals surface area contributed by atoms with Crippen LogP contribution in [0.3, 0.4) is 0 Å². The maximum Gasteiger partial charge on any atom is 0.407 e. The largest absolute Gasteiger partial charge is 0.465 e. The summed E-state index contributed by atoms with van der Waals surface area (Å²) in [5.41, 5.74) is 1.24. The van der Waals surface area contributed by atoms with Crippen LogP contribution in [0.25, 0.3) is 0 Å². The second-order valence-corrected chi connectivity index (χ2v) is 15.1. The van der Waals surface area contributed by atoms with Crippen molar-refractivity contribution in [1.29, 1.82) is 0 Å². The van der Waals surface area contributed by atoms with Crippen LogP contribution in [0.5, 0.6) is 0 Å². The van der Waals surface area contributed by atoms with E-state index >= 15 is 0 Å². The highest BCUT2D eigenvalue weighted by Crippen LogP contribution is 2.37. The number of benzene rings is 1. The molecule has 2 aliphatic heterocycles. The lowest BCUT2D eigenvalue weighted by Crippen LogP contribution is -2.67. The number of aliphatic hydroxyl groups is 1. The number of nitrogens with zero attached hydrogens (tertiary/aromatic N) is 3. The van der Waals surface area contributed by atoms with E-state index in [1.165, 1.54) is 11.8 Å². The van der Waals surface area contributed by atoms with Crippen molar-refractivity contribution in [2.75, 3.05) is 26.2 Å². The lowest BCUT2D eigenvalue weighted by atomic mass is 9.82. The molecule has 47 heavy (non-hydrogen) atoms. The highest BCUT2D eigenvalue weighted by Gasteiger charge is 2.52. The van der Waals surface area contributed by atoms with Crippen molar-refractivity contribution in [3.8, 4) is 0 Å². The van der Waals surface area contributed by atoms with Crippen molar-refractivity contribution >= 4 is 23.8 Å². The summed E-state index contributed by atoms with van der Waals surface area (Å²) in [6.07, 6.45) is 1.74. The quantitative estimate of drug-likeness (QED) is 0.335. The molecule has 0 bridgehead atoms. The minimum Gasteiger partial charge on any atom is -0.465 e. The SMILES string of the molecule is C[C@@H](C(=O)N[C@H](C(=O)N1C[C@H]2CC(F)(F)CN2C[C@H]1C(=O)N[C@H]1c2ccccc2C[C@@H]1O)C1CCCCC1)N(CC(C)(C)C)C(=O)O. The van der Waals surface area contributed by atoms with Crippen LogP contribution in [0.15, 0.2) is 24.3 Å². The van der Waals surface area contributed by atoms with Gasteiger partial charge in [-0.25, -0.2) is 13.6 Å². The lowest BCUT2D eigenvalue weighted by molar-refractivity contribution is -0.150. The Morgan fingerprint density at radius 1 is 1.09 bits per heavy atom. The van der Waals surface area contributed by atoms with E-state index in [4.69, 9.17) is 0 Å². The minimum absolute atomic E-state index is 0.0925. The first-order chi connectivity index (χ1) is 22.0. The Balaban J connectivity index is 1.42. The summed E-state index contributed by atoms with van der Waals surface area (Å²) in [5, 5.41) is 26.5. The van der Waals surface area contributed by atoms with Gasteiger partial charge in [-0.2, -0.15) is 0 Å². The molecule has 260 valence electrons. The molecule has 3 fully saturated rings. The van der Waals surface area contributed by atoms with Crippen LogP contribution in [0.1, 0.15) is 83.4 Å². The number of aliphatic hydroxyl groups excluding tert-OH is 1. The molecule has 2 saturated heterocycles. The zero-order chi connectivity index (χ0) is 34.3. The van der Waals surface area contributed by atoms with Gasteiger partial charge in [0.05, 0.1) is 18.7 Å². The van der Waals surface area contributed by atoms with Gasteiger partial charge in [-0.05, 0) is 42.2 Å². The van der Waals surface area contributed by atoms with E-state index in [1.807, 2.05) is 45.0 Å². The normalized spacial score (nSPS) is 27.3. The molecule has 6 atom stereocenters. The fraction of sp³-hybridized carbons (Fsp3) is 0.706. The molecule has 1 aromatic rings. The Kier molecular flexibility index (Phi) is 10.2. The summed E-state index contributed by atoms with van der Waals surface area (Å²) in [6.45, 7) is 6.43. The number of carbonyl (C=O) groups excluding carboxylic acids is 3. The first kappa shape index (κ1) is 35.0. The van der Waals surface area contributed by atoms with Crippen molar-refractivity contribution in [2.24, 2.45) is 11.3 Å². The van der Waals surface area contributed by atoms with Gasteiger partial charge in [-0.3, -0.25) is 24.2 Å². The summed E-state index contributed by atoms with van der Waals surface area (Å²) in [6, 6.07) is 2.70. The van der Waals surface area contributed by atoms with Gasteiger partial charge in [0.25, 0.3) is 5.92 Å². The van der Waals surface area contributed by atoms with Gasteiger partial charge in [0.15, 0.2) is 0 Å². The number of halogens is 2. The fourth-order valence-corrected chi connectivity index (χ4v) is 7.82. The van der Waals surface area contributed by atoms with Crippen molar-refractivity contribution in [1.82, 2.24) is 25.3 Å². The van der Waals surface area contributed by atoms with Gasteiger partial charge >= 0.3 is 6.09 Å². The maximum atomic E-state index is 14.6. The zero-order valence-electron chi connectivity index (χ0n) is 27.8. The third-order valence-corrected chi connectivity index (χ3v) is 10.2. The van der Waals surface area contributed by atoms with Gasteiger partial charge in [-0.1, -0.05) is 64.3 Å². The minimum atomic E-state index is -2.97. The standard InChI is InChI=1S/C34H49F2N5O6/c1-20(41(32(46)47)18-33(2,3)4)29(43)37-27(21-10-6-5-7-11-21)31(45)40-16-23-15-34(35,36)19-39(23)17-25(40)30(44)38-28-24-13-9-8-12-22(24)14-26(28)42/h8-9,12-13,20-21,23,25-28,42H,5-7,10-11,14-19H2,1-4H3,(H,37,43)(H,38,44)(H,46,47)/t20-,23+,25-,26-,27-,28-/m0/s1. The lowest BCUT2D eigenvalue weighted by Gasteiger charge is -2.45. The smallest absolute Gasteiger partial charge is 0.407 e. The highest BCUT2D eigenvalue weighted by molar-refractivity contribution is 5.94. The predicted octanol–water partition coefficient (Wildman–Crippen LogP) is 3.16. The summed E-state index contributed by atoms with van der Waals surface area (Å²) in [7, 11) is 0. The van der Waals surface area contributed by atoms with Gasteiger partial charge in [0.1, 0.15) is 18.1 Å². The van der Waals surface area contributed by atoms with E-state index in [1.54, 1.807) is 4.90 Å². The number of rotatable bonds is 8. The average molecular weight is 662 g/mol. The van der Waals surface area contributed by atoms with Crippen LogP contribution >= 0.6 is 0 Å². The summed E-state index contributed by atoms with van der Waals surface area (Å²) >= 11 is 0. The molecule has 0 aromatic heterocycles. The Hall–Kier alpha value is -3.32. The van der Waals surface area contributed by atoms with Gasteiger partial charge in [0, 0.05) is 38.5 Å². The molecule has 1 saturated carbocycles. The Labute approximate surface area is 275 Å². The van der Waals surface area contributed by atoms with Crippen molar-refractivity contribution in [3.63, 3.8) is 0 Å². The van der Waals surface area contributed by atoms with Gasteiger partial charge in [0.2, 0.25) is 17.7 Å². The number of alkyl halides is 2. The molecule has 0 unspecified atom stereocenters. The molecule has 4 aliphatic rings. The van der Waals surface area contributed by atoms with E-state index in [-0.39, 0.29) is 25.6 Å². The van der Waals surface area contributed by atoms with Crippen molar-refractivity contribution in [2.45, 2.75) is 115 Å². The summed E-state index contributed by atoms with van der Waals surface area (Å²) in [5.74, 6) is -4.94. The topological polar surface area (TPSA) is 143 Å². The fourth-order valence-electron chi connectivity index (χ4n) is 7.82. The van der Waals surface area contributed by atoms with E-state index in [2.05, 4.69) is 10.6 Å². The molecule has 2 heterocycles. The monoisotopic (exact) mass is 661 g/mol. The first-order valence-electron chi connectivity index (χ1n) is 16.8. The maximum absolute atomic E-state index is 14.6. The second-order valence-electron chi connectivity index (χ2n) is 15.1.